The van der Waals surface area contributed by atoms with Crippen LogP contribution in [-0.4, -0.2) is 56.2 Å². The number of nitrogens with zero attached hydrogens (tertiary/aromatic N) is 2. The number of halogens is 1. The summed E-state index contributed by atoms with van der Waals surface area (Å²) in [6.07, 6.45) is 6.26. The highest BCUT2D eigenvalue weighted by atomic mass is 127. The molecule has 1 aromatic heterocycles. The number of thiophene rings is 1. The van der Waals surface area contributed by atoms with E-state index >= 15 is 0 Å². The lowest BCUT2D eigenvalue weighted by Crippen LogP contribution is -2.39. The van der Waals surface area contributed by atoms with Gasteiger partial charge in [0.15, 0.2) is 5.96 Å². The summed E-state index contributed by atoms with van der Waals surface area (Å²) in [5, 5.41) is 21.1. The van der Waals surface area contributed by atoms with Crippen molar-refractivity contribution < 1.29 is 5.11 Å². The fourth-order valence-electron chi connectivity index (χ4n) is 2.53. The quantitative estimate of drug-likeness (QED) is 0.179. The van der Waals surface area contributed by atoms with E-state index in [-0.39, 0.29) is 24.0 Å². The Balaban J connectivity index is 0.00000625. The van der Waals surface area contributed by atoms with Crippen LogP contribution in [0.15, 0.2) is 21.8 Å². The lowest BCUT2D eigenvalue weighted by molar-refractivity contribution is 0.0677. The van der Waals surface area contributed by atoms with Crippen LogP contribution in [0, 0.1) is 0 Å². The van der Waals surface area contributed by atoms with E-state index in [1.165, 1.54) is 32.2 Å². The topological polar surface area (TPSA) is 59.9 Å². The molecular weight excluding hydrogens is 459 g/mol. The zero-order chi connectivity index (χ0) is 18.5. The molecule has 1 unspecified atom stereocenters. The van der Waals surface area contributed by atoms with Crippen molar-refractivity contribution in [2.45, 2.75) is 51.6 Å². The van der Waals surface area contributed by atoms with E-state index in [2.05, 4.69) is 41.5 Å². The van der Waals surface area contributed by atoms with Gasteiger partial charge in [0.2, 0.25) is 0 Å². The molecule has 0 aliphatic heterocycles. The molecule has 0 aliphatic carbocycles. The highest BCUT2D eigenvalue weighted by Crippen LogP contribution is 2.23. The average Bonchev–Trinajstić information content (AvgIpc) is 3.10. The molecule has 1 aromatic rings. The SMILES string of the molecule is CCNC(=NCC(C)(O)c1ccsc1)NCCCCCCCN(C)C.I. The molecule has 1 rings (SSSR count). The summed E-state index contributed by atoms with van der Waals surface area (Å²) in [7, 11) is 4.25. The van der Waals surface area contributed by atoms with Crippen LogP contribution in [-0.2, 0) is 5.60 Å². The summed E-state index contributed by atoms with van der Waals surface area (Å²) in [4.78, 5) is 6.79. The van der Waals surface area contributed by atoms with Crippen LogP contribution in [0.5, 0.6) is 0 Å². The second-order valence-corrected chi connectivity index (χ2v) is 7.76. The molecule has 1 heterocycles. The Morgan fingerprint density at radius 3 is 2.50 bits per heavy atom. The number of aliphatic imine (C=N–C) groups is 1. The van der Waals surface area contributed by atoms with Crippen molar-refractivity contribution in [3.8, 4) is 0 Å². The number of guanidine groups is 1. The van der Waals surface area contributed by atoms with Crippen molar-refractivity contribution >= 4 is 41.3 Å². The average molecular weight is 497 g/mol. The van der Waals surface area contributed by atoms with Crippen LogP contribution in [0.4, 0.5) is 0 Å². The Bertz CT molecular complexity index is 478. The minimum Gasteiger partial charge on any atom is -0.383 e. The molecule has 152 valence electrons. The third-order valence-corrected chi connectivity index (χ3v) is 4.79. The molecular formula is C19H37IN4OS. The molecule has 0 fully saturated rings. The van der Waals surface area contributed by atoms with Crippen molar-refractivity contribution in [2.24, 2.45) is 4.99 Å². The molecule has 0 radical (unpaired) electrons. The molecule has 0 saturated carbocycles. The standard InChI is InChI=1S/C19H36N4OS.HI/c1-5-20-18(21-12-9-7-6-8-10-13-23(3)4)22-16-19(2,24)17-11-14-25-15-17;/h11,14-15,24H,5-10,12-13,16H2,1-4H3,(H2,20,21,22);1H. The van der Waals surface area contributed by atoms with E-state index in [0.717, 1.165) is 31.0 Å². The number of aliphatic hydroxyl groups is 1. The van der Waals surface area contributed by atoms with E-state index in [1.807, 2.05) is 23.8 Å². The van der Waals surface area contributed by atoms with E-state index in [1.54, 1.807) is 11.3 Å². The number of nitrogens with one attached hydrogen (secondary N) is 2. The normalized spacial score (nSPS) is 14.0. The Labute approximate surface area is 180 Å². The van der Waals surface area contributed by atoms with E-state index in [9.17, 15) is 5.11 Å². The van der Waals surface area contributed by atoms with Gasteiger partial charge in [0.05, 0.1) is 6.54 Å². The molecule has 0 saturated heterocycles. The summed E-state index contributed by atoms with van der Waals surface area (Å²) >= 11 is 1.59. The van der Waals surface area contributed by atoms with Crippen molar-refractivity contribution in [1.82, 2.24) is 15.5 Å². The minimum absolute atomic E-state index is 0. The first-order valence-corrected chi connectivity index (χ1v) is 10.3. The monoisotopic (exact) mass is 496 g/mol. The van der Waals surface area contributed by atoms with Gasteiger partial charge >= 0.3 is 0 Å². The molecule has 1 atom stereocenters. The Morgan fingerprint density at radius 2 is 1.88 bits per heavy atom. The van der Waals surface area contributed by atoms with Gasteiger partial charge in [-0.25, -0.2) is 4.99 Å². The van der Waals surface area contributed by atoms with Gasteiger partial charge in [0.25, 0.3) is 0 Å². The lowest BCUT2D eigenvalue weighted by atomic mass is 10.00. The van der Waals surface area contributed by atoms with Gasteiger partial charge < -0.3 is 20.6 Å². The van der Waals surface area contributed by atoms with Gasteiger partial charge in [0.1, 0.15) is 5.60 Å². The van der Waals surface area contributed by atoms with Gasteiger partial charge in [-0.2, -0.15) is 11.3 Å². The van der Waals surface area contributed by atoms with Crippen LogP contribution in [0.2, 0.25) is 0 Å². The van der Waals surface area contributed by atoms with Crippen molar-refractivity contribution in [3.05, 3.63) is 22.4 Å². The maximum Gasteiger partial charge on any atom is 0.191 e. The van der Waals surface area contributed by atoms with Gasteiger partial charge in [0, 0.05) is 13.1 Å². The Hall–Kier alpha value is -0.380. The zero-order valence-corrected chi connectivity index (χ0v) is 19.9. The molecule has 0 aromatic carbocycles. The van der Waals surface area contributed by atoms with E-state index < -0.39 is 5.60 Å². The van der Waals surface area contributed by atoms with Crippen molar-refractivity contribution in [3.63, 3.8) is 0 Å². The Kier molecular flexibility index (Phi) is 14.4. The predicted molar refractivity (Wildman–Crippen MR) is 125 cm³/mol. The summed E-state index contributed by atoms with van der Waals surface area (Å²) in [6, 6.07) is 1.96. The molecule has 5 nitrogen and oxygen atoms in total. The number of unbranched alkanes of at least 4 members (excludes halogenated alkanes) is 4. The maximum atomic E-state index is 10.6. The first kappa shape index (κ1) is 25.6. The fraction of sp³-hybridized carbons (Fsp3) is 0.737. The van der Waals surface area contributed by atoms with Gasteiger partial charge in [-0.3, -0.25) is 0 Å². The van der Waals surface area contributed by atoms with Gasteiger partial charge in [-0.15, -0.1) is 24.0 Å². The van der Waals surface area contributed by atoms with E-state index in [0.29, 0.717) is 6.54 Å². The highest BCUT2D eigenvalue weighted by molar-refractivity contribution is 14.0. The third-order valence-electron chi connectivity index (χ3n) is 4.11. The third kappa shape index (κ3) is 11.4. The molecule has 0 bridgehead atoms. The molecule has 0 aliphatic rings. The molecule has 26 heavy (non-hydrogen) atoms. The highest BCUT2D eigenvalue weighted by Gasteiger charge is 2.23. The van der Waals surface area contributed by atoms with Gasteiger partial charge in [-0.05, 0) is 69.7 Å². The molecule has 0 amide bonds. The summed E-state index contributed by atoms with van der Waals surface area (Å²) < 4.78 is 0. The molecule has 0 spiro atoms. The van der Waals surface area contributed by atoms with Crippen LogP contribution in [0.25, 0.3) is 0 Å². The van der Waals surface area contributed by atoms with Crippen LogP contribution in [0.3, 0.4) is 0 Å². The maximum absolute atomic E-state index is 10.6. The van der Waals surface area contributed by atoms with Crippen LogP contribution >= 0.6 is 35.3 Å². The van der Waals surface area contributed by atoms with Crippen LogP contribution in [0.1, 0.15) is 51.5 Å². The zero-order valence-electron chi connectivity index (χ0n) is 16.8. The second kappa shape index (κ2) is 14.6. The van der Waals surface area contributed by atoms with Gasteiger partial charge in [-0.1, -0.05) is 19.3 Å². The number of rotatable bonds is 12. The minimum atomic E-state index is -0.922. The molecule has 7 heteroatoms. The Morgan fingerprint density at radius 1 is 1.19 bits per heavy atom. The van der Waals surface area contributed by atoms with Crippen LogP contribution < -0.4 is 10.6 Å². The number of hydrogen-bond acceptors (Lipinski definition) is 4. The summed E-state index contributed by atoms with van der Waals surface area (Å²) in [5.41, 5.74) is 0.00393. The largest absolute Gasteiger partial charge is 0.383 e. The molecule has 3 N–H and O–H groups in total. The fourth-order valence-corrected chi connectivity index (χ4v) is 3.31. The smallest absolute Gasteiger partial charge is 0.191 e. The lowest BCUT2D eigenvalue weighted by Gasteiger charge is -2.21. The van der Waals surface area contributed by atoms with E-state index in [4.69, 9.17) is 0 Å². The predicted octanol–water partition coefficient (Wildman–Crippen LogP) is 3.64. The summed E-state index contributed by atoms with van der Waals surface area (Å²) in [6.45, 7) is 7.13. The summed E-state index contributed by atoms with van der Waals surface area (Å²) in [5.74, 6) is 0.783. The number of hydrogen-bond donors (Lipinski definition) is 3. The first-order chi connectivity index (χ1) is 12.0. The second-order valence-electron chi connectivity index (χ2n) is 6.98. The first-order valence-electron chi connectivity index (χ1n) is 9.37. The van der Waals surface area contributed by atoms with Crippen molar-refractivity contribution in [2.75, 3.05) is 40.3 Å². The van der Waals surface area contributed by atoms with Crippen molar-refractivity contribution in [1.29, 1.82) is 0 Å².